The number of carboxylic acid groups (broad SMARTS) is 2. The van der Waals surface area contributed by atoms with Gasteiger partial charge in [0.05, 0.1) is 0 Å². The Morgan fingerprint density at radius 2 is 1.02 bits per heavy atom. The topological polar surface area (TPSA) is 173 Å². The number of rotatable bonds is 8. The largest absolute Gasteiger partial charge is 0.480 e. The predicted molar refractivity (Wildman–Crippen MR) is 143 cm³/mol. The highest BCUT2D eigenvalue weighted by Crippen LogP contribution is 2.47. The maximum atomic E-state index is 13.1. The van der Waals surface area contributed by atoms with Gasteiger partial charge in [-0.3, -0.25) is 9.59 Å². The number of halogens is 6. The number of hydrogen-bond acceptors (Lipinski definition) is 6. The van der Waals surface area contributed by atoms with Crippen LogP contribution in [0.15, 0.2) is 60.7 Å². The van der Waals surface area contributed by atoms with Crippen molar-refractivity contribution in [2.75, 3.05) is 0 Å². The number of benzene rings is 2. The first-order valence-corrected chi connectivity index (χ1v) is 13.1. The zero-order valence-electron chi connectivity index (χ0n) is 23.8. The second kappa shape index (κ2) is 12.7. The number of imide groups is 2. The molecule has 6 amide bonds. The van der Waals surface area contributed by atoms with Crippen LogP contribution in [-0.4, -0.2) is 91.3 Å². The average Bonchev–Trinajstić information content (AvgIpc) is 3.34. The number of nitrogens with zero attached hydrogens (tertiary/aromatic N) is 2. The molecule has 4 rings (SSSR count). The number of carbonyl (C=O) groups is 6. The molecule has 18 heteroatoms. The summed E-state index contributed by atoms with van der Waals surface area (Å²) in [5, 5.41) is 21.6. The molecule has 2 aromatic carbocycles. The van der Waals surface area contributed by atoms with Crippen molar-refractivity contribution in [1.29, 1.82) is 0 Å². The third-order valence-corrected chi connectivity index (χ3v) is 7.03. The molecule has 2 saturated heterocycles. The summed E-state index contributed by atoms with van der Waals surface area (Å²) in [7, 11) is 0. The minimum absolute atomic E-state index is 0.0887. The molecular formula is C28H26F6N4O8. The molecule has 0 bridgehead atoms. The lowest BCUT2D eigenvalue weighted by Crippen LogP contribution is -2.68. The van der Waals surface area contributed by atoms with Crippen LogP contribution in [0.3, 0.4) is 0 Å². The van der Waals surface area contributed by atoms with Crippen LogP contribution in [0.2, 0.25) is 0 Å². The lowest BCUT2D eigenvalue weighted by atomic mass is 9.96. The first kappa shape index (κ1) is 35.3. The Hall–Kier alpha value is -5.16. The Kier molecular flexibility index (Phi) is 9.74. The first-order chi connectivity index (χ1) is 21.2. The molecule has 12 nitrogen and oxygen atoms in total. The maximum absolute atomic E-state index is 13.1. The van der Waals surface area contributed by atoms with E-state index in [1.54, 1.807) is 38.1 Å². The minimum Gasteiger partial charge on any atom is -0.480 e. The summed E-state index contributed by atoms with van der Waals surface area (Å²) in [6.07, 6.45) is -13.0. The summed E-state index contributed by atoms with van der Waals surface area (Å²) in [4.78, 5) is 70.8. The lowest BCUT2D eigenvalue weighted by molar-refractivity contribution is -0.290. The smallest absolute Gasteiger partial charge is 0.429 e. The number of carbonyl (C=O) groups excluding carboxylic acids is 4. The molecule has 2 aliphatic heterocycles. The van der Waals surface area contributed by atoms with Crippen molar-refractivity contribution in [3.63, 3.8) is 0 Å². The Morgan fingerprint density at radius 3 is 1.30 bits per heavy atom. The van der Waals surface area contributed by atoms with Gasteiger partial charge < -0.3 is 20.8 Å². The highest BCUT2D eigenvalue weighted by atomic mass is 19.4. The molecule has 4 N–H and O–H groups in total. The number of aliphatic carboxylic acids is 2. The van der Waals surface area contributed by atoms with E-state index in [4.69, 9.17) is 5.11 Å². The number of carboxylic acids is 2. The molecule has 0 aliphatic carbocycles. The van der Waals surface area contributed by atoms with Gasteiger partial charge in [-0.1, -0.05) is 60.7 Å². The molecule has 2 fully saturated rings. The van der Waals surface area contributed by atoms with Crippen LogP contribution in [0, 0.1) is 0 Å². The molecule has 0 spiro atoms. The highest BCUT2D eigenvalue weighted by molar-refractivity contribution is 6.10. The van der Waals surface area contributed by atoms with Crippen LogP contribution >= 0.6 is 0 Å². The van der Waals surface area contributed by atoms with E-state index in [0.29, 0.717) is 5.32 Å². The number of urea groups is 2. The van der Waals surface area contributed by atoms with Crippen LogP contribution in [0.1, 0.15) is 25.0 Å². The van der Waals surface area contributed by atoms with E-state index in [0.717, 1.165) is 10.5 Å². The normalized spacial score (nSPS) is 18.7. The molecule has 2 heterocycles. The molecular weight excluding hydrogens is 634 g/mol. The fourth-order valence-electron chi connectivity index (χ4n) is 4.69. The number of nitrogens with one attached hydrogen (secondary N) is 2. The number of amides is 6. The molecule has 46 heavy (non-hydrogen) atoms. The van der Waals surface area contributed by atoms with Crippen LogP contribution in [-0.2, 0) is 32.0 Å². The fourth-order valence-corrected chi connectivity index (χ4v) is 4.69. The van der Waals surface area contributed by atoms with E-state index in [1.807, 2.05) is 6.07 Å². The van der Waals surface area contributed by atoms with Gasteiger partial charge in [-0.2, -0.15) is 26.3 Å². The van der Waals surface area contributed by atoms with Crippen LogP contribution in [0.5, 0.6) is 0 Å². The van der Waals surface area contributed by atoms with Crippen LogP contribution in [0.25, 0.3) is 0 Å². The van der Waals surface area contributed by atoms with Gasteiger partial charge in [-0.15, -0.1) is 0 Å². The van der Waals surface area contributed by atoms with Gasteiger partial charge in [0, 0.05) is 12.8 Å². The van der Waals surface area contributed by atoms with E-state index in [9.17, 15) is 60.2 Å². The molecule has 0 unspecified atom stereocenters. The standard InChI is InChI=1S/C14H10F6N2O4.C14H16N2O4/c15-13(16,17)12(14(18,19)20)10(25)22(11(26)21-12)8(9(23)24)6-7-4-2-1-3-5-7;1-14(2)12(19)16(13(20)15-14)10(11(17)18)8-9-6-4-3-5-7-9/h1-5,8H,6H2,(H,21,26)(H,23,24);3-7,10H,8H2,1-2H3,(H,15,20)(H,17,18)/t8-;10-/m10/s1. The number of hydrogen-bond donors (Lipinski definition) is 4. The zero-order valence-corrected chi connectivity index (χ0v) is 23.8. The second-order valence-corrected chi connectivity index (χ2v) is 10.7. The zero-order chi connectivity index (χ0) is 34.8. The van der Waals surface area contributed by atoms with Crippen molar-refractivity contribution < 1.29 is 65.3 Å². The van der Waals surface area contributed by atoms with E-state index < -0.39 is 82.7 Å². The van der Waals surface area contributed by atoms with Crippen molar-refractivity contribution in [2.24, 2.45) is 0 Å². The minimum atomic E-state index is -6.22. The molecule has 2 aromatic rings. The van der Waals surface area contributed by atoms with Gasteiger partial charge >= 0.3 is 41.9 Å². The molecule has 2 aliphatic rings. The van der Waals surface area contributed by atoms with Gasteiger partial charge in [-0.25, -0.2) is 29.0 Å². The van der Waals surface area contributed by atoms with Gasteiger partial charge in [0.1, 0.15) is 17.6 Å². The molecule has 2 atom stereocenters. The van der Waals surface area contributed by atoms with Crippen molar-refractivity contribution in [3.05, 3.63) is 71.8 Å². The van der Waals surface area contributed by atoms with Crippen molar-refractivity contribution >= 4 is 35.8 Å². The van der Waals surface area contributed by atoms with E-state index >= 15 is 0 Å². The summed E-state index contributed by atoms with van der Waals surface area (Å²) in [5.74, 6) is -6.38. The van der Waals surface area contributed by atoms with Crippen molar-refractivity contribution in [2.45, 2.75) is 62.2 Å². The molecule has 248 valence electrons. The number of alkyl halides is 6. The summed E-state index contributed by atoms with van der Waals surface area (Å²) in [5.41, 5.74) is -5.31. The molecule has 0 aromatic heterocycles. The Balaban J connectivity index is 0.000000259. The third kappa shape index (κ3) is 6.74. The van der Waals surface area contributed by atoms with Gasteiger partial charge in [-0.05, 0) is 25.0 Å². The Morgan fingerprint density at radius 1 is 0.674 bits per heavy atom. The van der Waals surface area contributed by atoms with Crippen molar-refractivity contribution in [3.8, 4) is 0 Å². The van der Waals surface area contributed by atoms with Crippen molar-refractivity contribution in [1.82, 2.24) is 20.4 Å². The summed E-state index contributed by atoms with van der Waals surface area (Å²) in [6, 6.07) is 9.80. The van der Waals surface area contributed by atoms with E-state index in [-0.39, 0.29) is 12.0 Å². The van der Waals surface area contributed by atoms with Gasteiger partial charge in [0.25, 0.3) is 11.8 Å². The highest BCUT2D eigenvalue weighted by Gasteiger charge is 2.81. The second-order valence-electron chi connectivity index (χ2n) is 10.7. The van der Waals surface area contributed by atoms with Crippen LogP contribution in [0.4, 0.5) is 35.9 Å². The quantitative estimate of drug-likeness (QED) is 0.247. The predicted octanol–water partition coefficient (Wildman–Crippen LogP) is 3.11. The maximum Gasteiger partial charge on any atom is 0.429 e. The Bertz CT molecular complexity index is 1500. The van der Waals surface area contributed by atoms with Gasteiger partial charge in [0.2, 0.25) is 0 Å². The van der Waals surface area contributed by atoms with E-state index in [2.05, 4.69) is 5.32 Å². The summed E-state index contributed by atoms with van der Waals surface area (Å²) >= 11 is 0. The van der Waals surface area contributed by atoms with Gasteiger partial charge in [0.15, 0.2) is 0 Å². The van der Waals surface area contributed by atoms with Crippen LogP contribution < -0.4 is 10.6 Å². The SMILES string of the molecule is CC1(C)NC(=O)N([C@@H](Cc2ccccc2)C(=O)O)C1=O.O=C(O)[C@@H](Cc1ccccc1)N1C(=O)NC(C(F)(F)F)(C(F)(F)F)C1=O. The summed E-state index contributed by atoms with van der Waals surface area (Å²) < 4.78 is 78.4. The molecule has 0 saturated carbocycles. The molecule has 0 radical (unpaired) electrons. The summed E-state index contributed by atoms with van der Waals surface area (Å²) in [6.45, 7) is 3.10. The third-order valence-electron chi connectivity index (χ3n) is 7.03. The fraction of sp³-hybridized carbons (Fsp3) is 0.357. The Labute approximate surface area is 255 Å². The average molecular weight is 661 g/mol. The lowest BCUT2D eigenvalue weighted by Gasteiger charge is -2.31. The van der Waals surface area contributed by atoms with E-state index in [1.165, 1.54) is 30.3 Å². The first-order valence-electron chi connectivity index (χ1n) is 13.1. The monoisotopic (exact) mass is 660 g/mol.